The molecule has 0 spiro atoms. The molecule has 2 N–H and O–H groups in total. The van der Waals surface area contributed by atoms with Crippen LogP contribution < -0.4 is 5.73 Å². The Labute approximate surface area is 115 Å². The highest BCUT2D eigenvalue weighted by molar-refractivity contribution is 5.19. The SMILES string of the molecule is CCN(Cc1ccccc1)CC(N)c1ccccc1. The van der Waals surface area contributed by atoms with E-state index in [0.29, 0.717) is 0 Å². The van der Waals surface area contributed by atoms with Gasteiger partial charge < -0.3 is 5.73 Å². The fourth-order valence-corrected chi connectivity index (χ4v) is 2.23. The summed E-state index contributed by atoms with van der Waals surface area (Å²) in [6, 6.07) is 20.9. The second-order valence-corrected chi connectivity index (χ2v) is 4.83. The first-order valence-electron chi connectivity index (χ1n) is 6.86. The fourth-order valence-electron chi connectivity index (χ4n) is 2.23. The van der Waals surface area contributed by atoms with Gasteiger partial charge >= 0.3 is 0 Å². The first kappa shape index (κ1) is 13.8. The van der Waals surface area contributed by atoms with Gasteiger partial charge in [-0.15, -0.1) is 0 Å². The van der Waals surface area contributed by atoms with E-state index in [1.54, 1.807) is 0 Å². The van der Waals surface area contributed by atoms with Gasteiger partial charge in [-0.3, -0.25) is 4.90 Å². The van der Waals surface area contributed by atoms with E-state index in [9.17, 15) is 0 Å². The molecule has 0 fully saturated rings. The van der Waals surface area contributed by atoms with E-state index in [1.807, 2.05) is 18.2 Å². The van der Waals surface area contributed by atoms with Gasteiger partial charge in [-0.1, -0.05) is 67.6 Å². The molecule has 100 valence electrons. The average Bonchev–Trinajstić information content (AvgIpc) is 2.48. The number of rotatable bonds is 6. The molecule has 1 unspecified atom stereocenters. The smallest absolute Gasteiger partial charge is 0.0424 e. The quantitative estimate of drug-likeness (QED) is 0.857. The summed E-state index contributed by atoms with van der Waals surface area (Å²) in [4.78, 5) is 2.38. The lowest BCUT2D eigenvalue weighted by atomic mass is 10.1. The number of nitrogens with two attached hydrogens (primary N) is 1. The van der Waals surface area contributed by atoms with Crippen LogP contribution in [-0.4, -0.2) is 18.0 Å². The van der Waals surface area contributed by atoms with E-state index in [4.69, 9.17) is 5.73 Å². The molecule has 1 atom stereocenters. The molecule has 2 aromatic carbocycles. The Morgan fingerprint density at radius 1 is 0.947 bits per heavy atom. The molecule has 2 nitrogen and oxygen atoms in total. The maximum Gasteiger partial charge on any atom is 0.0424 e. The lowest BCUT2D eigenvalue weighted by Crippen LogP contribution is -2.31. The van der Waals surface area contributed by atoms with Gasteiger partial charge in [0, 0.05) is 19.1 Å². The Balaban J connectivity index is 1.96. The number of likely N-dealkylation sites (N-methyl/N-ethyl adjacent to an activating group) is 1. The van der Waals surface area contributed by atoms with Gasteiger partial charge in [0.1, 0.15) is 0 Å². The Morgan fingerprint density at radius 3 is 2.11 bits per heavy atom. The normalized spacial score (nSPS) is 12.6. The van der Waals surface area contributed by atoms with Crippen LogP contribution in [0.3, 0.4) is 0 Å². The van der Waals surface area contributed by atoms with Crippen LogP contribution in [0, 0.1) is 0 Å². The molecule has 0 saturated carbocycles. The first-order chi connectivity index (χ1) is 9.29. The molecular formula is C17H22N2. The number of hydrogen-bond acceptors (Lipinski definition) is 2. The summed E-state index contributed by atoms with van der Waals surface area (Å²) < 4.78 is 0. The molecule has 0 amide bonds. The third kappa shape index (κ3) is 4.19. The van der Waals surface area contributed by atoms with Gasteiger partial charge in [0.2, 0.25) is 0 Å². The summed E-state index contributed by atoms with van der Waals surface area (Å²) in [5.74, 6) is 0. The molecule has 0 bridgehead atoms. The number of nitrogens with zero attached hydrogens (tertiary/aromatic N) is 1. The van der Waals surface area contributed by atoms with Gasteiger partial charge in [-0.2, -0.15) is 0 Å². The van der Waals surface area contributed by atoms with Crippen LogP contribution in [0.25, 0.3) is 0 Å². The molecular weight excluding hydrogens is 232 g/mol. The van der Waals surface area contributed by atoms with Crippen LogP contribution in [0.15, 0.2) is 60.7 Å². The van der Waals surface area contributed by atoms with Crippen molar-refractivity contribution in [2.24, 2.45) is 5.73 Å². The van der Waals surface area contributed by atoms with Crippen LogP contribution in [0.4, 0.5) is 0 Å². The third-order valence-corrected chi connectivity index (χ3v) is 3.38. The summed E-state index contributed by atoms with van der Waals surface area (Å²) >= 11 is 0. The van der Waals surface area contributed by atoms with Crippen molar-refractivity contribution in [2.45, 2.75) is 19.5 Å². The van der Waals surface area contributed by atoms with Crippen LogP contribution in [0.5, 0.6) is 0 Å². The Kier molecular flexibility index (Phi) is 5.13. The van der Waals surface area contributed by atoms with Crippen molar-refractivity contribution in [2.75, 3.05) is 13.1 Å². The molecule has 0 radical (unpaired) electrons. The lowest BCUT2D eigenvalue weighted by molar-refractivity contribution is 0.262. The minimum Gasteiger partial charge on any atom is -0.323 e. The highest BCUT2D eigenvalue weighted by atomic mass is 15.1. The van der Waals surface area contributed by atoms with Crippen LogP contribution in [0.2, 0.25) is 0 Å². The monoisotopic (exact) mass is 254 g/mol. The van der Waals surface area contributed by atoms with Crippen molar-refractivity contribution in [1.29, 1.82) is 0 Å². The topological polar surface area (TPSA) is 29.3 Å². The maximum atomic E-state index is 6.28. The van der Waals surface area contributed by atoms with Crippen LogP contribution in [-0.2, 0) is 6.54 Å². The number of hydrogen-bond donors (Lipinski definition) is 1. The van der Waals surface area contributed by atoms with Crippen LogP contribution >= 0.6 is 0 Å². The maximum absolute atomic E-state index is 6.28. The molecule has 2 heteroatoms. The molecule has 0 aliphatic rings. The molecule has 0 aliphatic carbocycles. The molecule has 2 aromatic rings. The minimum absolute atomic E-state index is 0.0739. The van der Waals surface area contributed by atoms with E-state index >= 15 is 0 Å². The zero-order valence-corrected chi connectivity index (χ0v) is 11.5. The number of benzene rings is 2. The summed E-state index contributed by atoms with van der Waals surface area (Å²) in [6.45, 7) is 5.03. The van der Waals surface area contributed by atoms with E-state index in [0.717, 1.165) is 19.6 Å². The Bertz CT molecular complexity index is 467. The van der Waals surface area contributed by atoms with E-state index < -0.39 is 0 Å². The molecule has 0 aliphatic heterocycles. The lowest BCUT2D eigenvalue weighted by Gasteiger charge is -2.24. The minimum atomic E-state index is 0.0739. The van der Waals surface area contributed by atoms with Crippen LogP contribution in [0.1, 0.15) is 24.1 Å². The zero-order chi connectivity index (χ0) is 13.5. The van der Waals surface area contributed by atoms with Gasteiger partial charge in [0.25, 0.3) is 0 Å². The highest BCUT2D eigenvalue weighted by Gasteiger charge is 2.11. The second-order valence-electron chi connectivity index (χ2n) is 4.83. The van der Waals surface area contributed by atoms with E-state index in [1.165, 1.54) is 11.1 Å². The Hall–Kier alpha value is -1.64. The van der Waals surface area contributed by atoms with Crippen molar-refractivity contribution in [3.05, 3.63) is 71.8 Å². The summed E-state index contributed by atoms with van der Waals surface area (Å²) in [5, 5.41) is 0. The summed E-state index contributed by atoms with van der Waals surface area (Å²) in [5.41, 5.74) is 8.82. The molecule has 0 heterocycles. The van der Waals surface area contributed by atoms with Crippen molar-refractivity contribution in [3.63, 3.8) is 0 Å². The molecule has 0 aromatic heterocycles. The largest absolute Gasteiger partial charge is 0.323 e. The van der Waals surface area contributed by atoms with E-state index in [2.05, 4.69) is 54.3 Å². The van der Waals surface area contributed by atoms with Gasteiger partial charge in [0.15, 0.2) is 0 Å². The fraction of sp³-hybridized carbons (Fsp3) is 0.294. The average molecular weight is 254 g/mol. The molecule has 0 saturated heterocycles. The molecule has 19 heavy (non-hydrogen) atoms. The molecule has 2 rings (SSSR count). The van der Waals surface area contributed by atoms with E-state index in [-0.39, 0.29) is 6.04 Å². The van der Waals surface area contributed by atoms with Gasteiger partial charge in [-0.05, 0) is 17.7 Å². The predicted octanol–water partition coefficient (Wildman–Crippen LogP) is 3.21. The van der Waals surface area contributed by atoms with Gasteiger partial charge in [0.05, 0.1) is 0 Å². The predicted molar refractivity (Wildman–Crippen MR) is 80.8 cm³/mol. The zero-order valence-electron chi connectivity index (χ0n) is 11.5. The second kappa shape index (κ2) is 7.07. The van der Waals surface area contributed by atoms with Crippen molar-refractivity contribution < 1.29 is 0 Å². The summed E-state index contributed by atoms with van der Waals surface area (Å²) in [6.07, 6.45) is 0. The van der Waals surface area contributed by atoms with Crippen molar-refractivity contribution >= 4 is 0 Å². The Morgan fingerprint density at radius 2 is 1.53 bits per heavy atom. The third-order valence-electron chi connectivity index (χ3n) is 3.38. The first-order valence-corrected chi connectivity index (χ1v) is 6.86. The highest BCUT2D eigenvalue weighted by Crippen LogP contribution is 2.13. The van der Waals surface area contributed by atoms with Gasteiger partial charge in [-0.25, -0.2) is 0 Å². The van der Waals surface area contributed by atoms with Crippen molar-refractivity contribution in [1.82, 2.24) is 4.90 Å². The summed E-state index contributed by atoms with van der Waals surface area (Å²) in [7, 11) is 0. The van der Waals surface area contributed by atoms with Crippen molar-refractivity contribution in [3.8, 4) is 0 Å². The standard InChI is InChI=1S/C17H22N2/c1-2-19(13-15-9-5-3-6-10-15)14-17(18)16-11-7-4-8-12-16/h3-12,17H,2,13-14,18H2,1H3.